The summed E-state index contributed by atoms with van der Waals surface area (Å²) in [6, 6.07) is 5.71. The lowest BCUT2D eigenvalue weighted by atomic mass is 10.3. The Balaban J connectivity index is 1.98. The molecule has 98 valence electrons. The minimum absolute atomic E-state index is 0.0794. The smallest absolute Gasteiger partial charge is 0.161 e. The lowest BCUT2D eigenvalue weighted by Crippen LogP contribution is -2.23. The van der Waals surface area contributed by atoms with E-state index in [0.717, 1.165) is 5.49 Å². The van der Waals surface area contributed by atoms with Gasteiger partial charge in [0, 0.05) is 26.5 Å². The van der Waals surface area contributed by atoms with E-state index in [1.807, 2.05) is 72.4 Å². The molecule has 6 heteroatoms. The van der Waals surface area contributed by atoms with Crippen LogP contribution in [0.25, 0.3) is 0 Å². The van der Waals surface area contributed by atoms with Crippen molar-refractivity contribution in [3.05, 3.63) is 54.3 Å². The maximum absolute atomic E-state index is 4.11. The van der Waals surface area contributed by atoms with Gasteiger partial charge in [0.1, 0.15) is 0 Å². The van der Waals surface area contributed by atoms with Crippen molar-refractivity contribution in [2.75, 3.05) is 7.05 Å². The summed E-state index contributed by atoms with van der Waals surface area (Å²) in [4.78, 5) is 1.95. The molecule has 1 aromatic heterocycles. The number of pyridine rings is 1. The van der Waals surface area contributed by atoms with E-state index in [1.165, 1.54) is 6.34 Å². The molecule has 0 amide bonds. The van der Waals surface area contributed by atoms with E-state index in [0.29, 0.717) is 0 Å². The van der Waals surface area contributed by atoms with Crippen LogP contribution in [0.1, 0.15) is 0 Å². The molecule has 0 aliphatic carbocycles. The highest BCUT2D eigenvalue weighted by Gasteiger charge is 2.06. The molecule has 0 saturated heterocycles. The highest BCUT2D eigenvalue weighted by molar-refractivity contribution is 5.53. The van der Waals surface area contributed by atoms with Crippen molar-refractivity contribution in [2.24, 2.45) is 27.5 Å². The summed E-state index contributed by atoms with van der Waals surface area (Å²) in [6.45, 7) is 0. The third kappa shape index (κ3) is 3.74. The Labute approximate surface area is 111 Å². The average molecular weight is 256 g/mol. The number of aromatic nitrogens is 1. The van der Waals surface area contributed by atoms with Crippen molar-refractivity contribution in [1.29, 1.82) is 0 Å². The fourth-order valence-electron chi connectivity index (χ4n) is 1.52. The average Bonchev–Trinajstić information content (AvgIpc) is 2.42. The second-order valence-corrected chi connectivity index (χ2v) is 4.04. The van der Waals surface area contributed by atoms with Gasteiger partial charge in [-0.05, 0) is 24.3 Å². The zero-order chi connectivity index (χ0) is 13.5. The van der Waals surface area contributed by atoms with Crippen molar-refractivity contribution < 1.29 is 0 Å². The van der Waals surface area contributed by atoms with Crippen LogP contribution in [0.4, 0.5) is 0 Å². The fraction of sp³-hybridized carbons (Fsp3) is 0.231. The molecule has 0 bridgehead atoms. The van der Waals surface area contributed by atoms with E-state index in [1.54, 1.807) is 0 Å². The maximum Gasteiger partial charge on any atom is 0.161 e. The summed E-state index contributed by atoms with van der Waals surface area (Å²) in [5.41, 5.74) is 0.756. The Morgan fingerprint density at radius 3 is 2.89 bits per heavy atom. The van der Waals surface area contributed by atoms with Crippen LogP contribution in [0.3, 0.4) is 0 Å². The van der Waals surface area contributed by atoms with Gasteiger partial charge in [0.25, 0.3) is 0 Å². The van der Waals surface area contributed by atoms with Crippen LogP contribution in [0.2, 0.25) is 0 Å². The summed E-state index contributed by atoms with van der Waals surface area (Å²) < 4.78 is 1.87. The molecule has 0 fully saturated rings. The van der Waals surface area contributed by atoms with Gasteiger partial charge in [0.15, 0.2) is 18.0 Å². The van der Waals surface area contributed by atoms with Gasteiger partial charge in [-0.1, -0.05) is 12.1 Å². The van der Waals surface area contributed by atoms with Gasteiger partial charge in [0.05, 0.1) is 0 Å². The van der Waals surface area contributed by atoms with Crippen molar-refractivity contribution in [3.8, 4) is 0 Å². The number of hydrogen-bond donors (Lipinski definition) is 0. The molecule has 0 N–H and O–H groups in total. The topological polar surface area (TPSA) is 57.6 Å². The van der Waals surface area contributed by atoms with Crippen molar-refractivity contribution in [3.63, 3.8) is 0 Å². The first-order chi connectivity index (χ1) is 9.27. The van der Waals surface area contributed by atoms with E-state index in [2.05, 4.69) is 20.4 Å². The summed E-state index contributed by atoms with van der Waals surface area (Å²) in [6.07, 6.45) is 10.9. The zero-order valence-corrected chi connectivity index (χ0v) is 11.0. The van der Waals surface area contributed by atoms with Crippen molar-refractivity contribution in [1.82, 2.24) is 9.47 Å². The Hall–Kier alpha value is -2.50. The molecule has 0 aromatic carbocycles. The highest BCUT2D eigenvalue weighted by atomic mass is 15.3. The number of likely N-dealkylation sites (N-methyl/N-ethyl adjacent to an activating group) is 1. The first kappa shape index (κ1) is 12.9. The minimum atomic E-state index is -0.0794. The van der Waals surface area contributed by atoms with E-state index in [-0.39, 0.29) is 6.17 Å². The second-order valence-electron chi connectivity index (χ2n) is 4.04. The lowest BCUT2D eigenvalue weighted by molar-refractivity contribution is 0.381. The van der Waals surface area contributed by atoms with Gasteiger partial charge in [-0.15, -0.1) is 15.3 Å². The van der Waals surface area contributed by atoms with Crippen LogP contribution in [-0.2, 0) is 7.05 Å². The van der Waals surface area contributed by atoms with Gasteiger partial charge < -0.3 is 9.47 Å². The van der Waals surface area contributed by atoms with E-state index < -0.39 is 0 Å². The third-order valence-corrected chi connectivity index (χ3v) is 2.61. The van der Waals surface area contributed by atoms with Crippen LogP contribution < -0.4 is 5.49 Å². The molecule has 6 nitrogen and oxygen atoms in total. The Morgan fingerprint density at radius 1 is 1.21 bits per heavy atom. The first-order valence-corrected chi connectivity index (χ1v) is 5.91. The highest BCUT2D eigenvalue weighted by Crippen LogP contribution is 2.06. The standard InChI is InChI=1S/C13H16N6/c1-18-9-5-3-7-12(18)16-14-11-15-17-13-8-4-6-10-19(13)2/h3-12H,1-2H3/b15-11+,16-14?,17-13+. The first-order valence-electron chi connectivity index (χ1n) is 5.91. The SMILES string of the molecule is CN1C=CC=CC1N=N/C=N/N=c1\ccccn1C. The molecule has 1 atom stereocenters. The van der Waals surface area contributed by atoms with Gasteiger partial charge in [-0.25, -0.2) is 0 Å². The molecule has 1 aliphatic heterocycles. The molecule has 1 aliphatic rings. The van der Waals surface area contributed by atoms with Crippen LogP contribution in [0.5, 0.6) is 0 Å². The predicted molar refractivity (Wildman–Crippen MR) is 74.2 cm³/mol. The fourth-order valence-corrected chi connectivity index (χ4v) is 1.52. The molecule has 0 spiro atoms. The monoisotopic (exact) mass is 256 g/mol. The van der Waals surface area contributed by atoms with Gasteiger partial charge in [0.2, 0.25) is 0 Å². The Bertz CT molecular complexity index is 593. The third-order valence-electron chi connectivity index (χ3n) is 2.61. The Morgan fingerprint density at radius 2 is 2.11 bits per heavy atom. The lowest BCUT2D eigenvalue weighted by Gasteiger charge is -2.20. The minimum Gasteiger partial charge on any atom is -0.354 e. The van der Waals surface area contributed by atoms with Crippen LogP contribution >= 0.6 is 0 Å². The number of allylic oxidation sites excluding steroid dienone is 2. The molecule has 0 saturated carbocycles. The molecule has 2 rings (SSSR count). The maximum atomic E-state index is 4.11. The Kier molecular flexibility index (Phi) is 4.39. The number of azo groups is 1. The van der Waals surface area contributed by atoms with E-state index in [9.17, 15) is 0 Å². The normalized spacial score (nSPS) is 20.0. The quantitative estimate of drug-likeness (QED) is 0.351. The number of nitrogens with zero attached hydrogens (tertiary/aromatic N) is 6. The van der Waals surface area contributed by atoms with Crippen LogP contribution in [-0.4, -0.2) is 29.0 Å². The summed E-state index contributed by atoms with van der Waals surface area (Å²) >= 11 is 0. The summed E-state index contributed by atoms with van der Waals surface area (Å²) in [5, 5.41) is 15.9. The largest absolute Gasteiger partial charge is 0.354 e. The second kappa shape index (κ2) is 6.44. The molecule has 2 heterocycles. The van der Waals surface area contributed by atoms with Gasteiger partial charge >= 0.3 is 0 Å². The van der Waals surface area contributed by atoms with Crippen LogP contribution in [0, 0.1) is 0 Å². The van der Waals surface area contributed by atoms with Crippen molar-refractivity contribution >= 4 is 6.34 Å². The number of hydrogen-bond acceptors (Lipinski definition) is 4. The predicted octanol–water partition coefficient (Wildman–Crippen LogP) is 1.66. The zero-order valence-electron chi connectivity index (χ0n) is 11.0. The van der Waals surface area contributed by atoms with E-state index in [4.69, 9.17) is 0 Å². The molecular weight excluding hydrogens is 240 g/mol. The molecule has 1 unspecified atom stereocenters. The van der Waals surface area contributed by atoms with Gasteiger partial charge in [-0.2, -0.15) is 5.11 Å². The molecule has 19 heavy (non-hydrogen) atoms. The molecular formula is C13H16N6. The number of rotatable bonds is 3. The van der Waals surface area contributed by atoms with Gasteiger partial charge in [-0.3, -0.25) is 0 Å². The van der Waals surface area contributed by atoms with Crippen molar-refractivity contribution in [2.45, 2.75) is 6.17 Å². The molecule has 0 radical (unpaired) electrons. The number of aryl methyl sites for hydroxylation is 1. The van der Waals surface area contributed by atoms with E-state index >= 15 is 0 Å². The summed E-state index contributed by atoms with van der Waals surface area (Å²) in [7, 11) is 3.85. The van der Waals surface area contributed by atoms with Crippen LogP contribution in [0.15, 0.2) is 69.3 Å². The molecule has 1 aromatic rings. The summed E-state index contributed by atoms with van der Waals surface area (Å²) in [5.74, 6) is 0.